The Hall–Kier alpha value is -4.12. The summed E-state index contributed by atoms with van der Waals surface area (Å²) >= 11 is 0. The lowest BCUT2D eigenvalue weighted by Gasteiger charge is -2.22. The number of hydrogen-bond acceptors (Lipinski definition) is 9. The molecule has 2 aromatic rings. The van der Waals surface area contributed by atoms with Gasteiger partial charge in [-0.15, -0.1) is 0 Å². The van der Waals surface area contributed by atoms with Crippen LogP contribution >= 0.6 is 0 Å². The highest BCUT2D eigenvalue weighted by Gasteiger charge is 2.41. The van der Waals surface area contributed by atoms with E-state index >= 15 is 0 Å². The minimum Gasteiger partial charge on any atom is -0.464 e. The van der Waals surface area contributed by atoms with E-state index in [9.17, 15) is 24.3 Å². The Labute approximate surface area is 246 Å². The predicted molar refractivity (Wildman–Crippen MR) is 152 cm³/mol. The van der Waals surface area contributed by atoms with Gasteiger partial charge in [0.1, 0.15) is 25.3 Å². The number of esters is 2. The Morgan fingerprint density at radius 3 is 1.57 bits per heavy atom. The average molecular weight is 585 g/mol. The topological polar surface area (TPSA) is 132 Å². The maximum atomic E-state index is 12.2. The number of benzene rings is 2. The second-order valence-electron chi connectivity index (χ2n) is 10.2. The number of likely N-dealkylation sites (tertiary alicyclic amines) is 2. The summed E-state index contributed by atoms with van der Waals surface area (Å²) in [6, 6.07) is 17.4. The number of β-amino-alcohol motifs (C(OH)–C–C–N with tert-alkyl or cyclic N) is 1. The van der Waals surface area contributed by atoms with E-state index in [2.05, 4.69) is 0 Å². The minimum absolute atomic E-state index is 0.0805. The highest BCUT2D eigenvalue weighted by Crippen LogP contribution is 2.25. The molecule has 11 heteroatoms. The van der Waals surface area contributed by atoms with Gasteiger partial charge in [-0.25, -0.2) is 19.2 Å². The fourth-order valence-corrected chi connectivity index (χ4v) is 4.79. The van der Waals surface area contributed by atoms with Gasteiger partial charge in [-0.1, -0.05) is 67.6 Å². The van der Waals surface area contributed by atoms with Gasteiger partial charge in [0.2, 0.25) is 0 Å². The molecule has 228 valence electrons. The third-order valence-electron chi connectivity index (χ3n) is 6.79. The van der Waals surface area contributed by atoms with E-state index in [1.807, 2.05) is 67.6 Å². The van der Waals surface area contributed by atoms with Crippen molar-refractivity contribution < 1.29 is 43.2 Å². The van der Waals surface area contributed by atoms with Gasteiger partial charge in [-0.2, -0.15) is 0 Å². The number of nitrogens with zero attached hydrogens (tertiary/aromatic N) is 2. The Morgan fingerprint density at radius 1 is 0.690 bits per heavy atom. The van der Waals surface area contributed by atoms with E-state index in [0.717, 1.165) is 11.1 Å². The molecule has 0 spiro atoms. The van der Waals surface area contributed by atoms with Crippen LogP contribution in [0, 0.1) is 5.92 Å². The maximum Gasteiger partial charge on any atom is 0.410 e. The van der Waals surface area contributed by atoms with Gasteiger partial charge in [0.25, 0.3) is 0 Å². The smallest absolute Gasteiger partial charge is 0.410 e. The van der Waals surface area contributed by atoms with Crippen LogP contribution in [0.2, 0.25) is 0 Å². The van der Waals surface area contributed by atoms with Crippen LogP contribution in [0.5, 0.6) is 0 Å². The SMILES string of the molecule is CCOC(=O)[C@@H]1C[C@@H](C)CN1C(=O)OCc1ccccc1.CCOC(=O)[C@@H]1C[C@@H](O)CN1C(=O)OCc1ccccc1. The molecule has 2 saturated heterocycles. The predicted octanol–water partition coefficient (Wildman–Crippen LogP) is 3.92. The molecule has 2 aromatic carbocycles. The summed E-state index contributed by atoms with van der Waals surface area (Å²) in [6.07, 6.45) is -1.00. The zero-order valence-corrected chi connectivity index (χ0v) is 24.3. The van der Waals surface area contributed by atoms with Crippen LogP contribution in [0.4, 0.5) is 9.59 Å². The number of carbonyl (C=O) groups is 4. The lowest BCUT2D eigenvalue weighted by atomic mass is 10.1. The monoisotopic (exact) mass is 584 g/mol. The molecular weight excluding hydrogens is 544 g/mol. The number of rotatable bonds is 8. The number of ether oxygens (including phenoxy) is 4. The molecular formula is C31H40N2O9. The fraction of sp³-hybridized carbons (Fsp3) is 0.484. The van der Waals surface area contributed by atoms with Gasteiger partial charge in [0.15, 0.2) is 0 Å². The average Bonchev–Trinajstić information content (AvgIpc) is 3.59. The van der Waals surface area contributed by atoms with Crippen LogP contribution in [0.25, 0.3) is 0 Å². The molecule has 0 saturated carbocycles. The van der Waals surface area contributed by atoms with E-state index in [1.165, 1.54) is 9.80 Å². The summed E-state index contributed by atoms with van der Waals surface area (Å²) in [5.41, 5.74) is 1.78. The van der Waals surface area contributed by atoms with Crippen molar-refractivity contribution in [1.82, 2.24) is 9.80 Å². The normalized spacial score (nSPS) is 21.1. The van der Waals surface area contributed by atoms with E-state index in [4.69, 9.17) is 18.9 Å². The van der Waals surface area contributed by atoms with Crippen molar-refractivity contribution in [3.8, 4) is 0 Å². The van der Waals surface area contributed by atoms with E-state index in [-0.39, 0.29) is 44.7 Å². The van der Waals surface area contributed by atoms with Gasteiger partial charge in [-0.3, -0.25) is 9.80 Å². The van der Waals surface area contributed by atoms with Gasteiger partial charge in [0.05, 0.1) is 25.9 Å². The van der Waals surface area contributed by atoms with Gasteiger partial charge in [0, 0.05) is 13.0 Å². The summed E-state index contributed by atoms with van der Waals surface area (Å²) in [5.74, 6) is -0.590. The molecule has 2 amide bonds. The molecule has 2 fully saturated rings. The number of aliphatic hydroxyl groups is 1. The second-order valence-corrected chi connectivity index (χ2v) is 10.2. The summed E-state index contributed by atoms with van der Waals surface area (Å²) in [7, 11) is 0. The Kier molecular flexibility index (Phi) is 12.6. The summed E-state index contributed by atoms with van der Waals surface area (Å²) < 4.78 is 20.4. The number of aliphatic hydroxyl groups excluding tert-OH is 1. The molecule has 4 rings (SSSR count). The third-order valence-corrected chi connectivity index (χ3v) is 6.79. The Balaban J connectivity index is 0.000000230. The van der Waals surface area contributed by atoms with Crippen LogP contribution in [0.15, 0.2) is 60.7 Å². The zero-order chi connectivity index (χ0) is 30.5. The highest BCUT2D eigenvalue weighted by atomic mass is 16.6. The quantitative estimate of drug-likeness (QED) is 0.362. The number of hydrogen-bond donors (Lipinski definition) is 1. The molecule has 0 bridgehead atoms. The van der Waals surface area contributed by atoms with Crippen LogP contribution in [0.1, 0.15) is 44.7 Å². The zero-order valence-electron chi connectivity index (χ0n) is 24.3. The van der Waals surface area contributed by atoms with Gasteiger partial charge >= 0.3 is 24.1 Å². The molecule has 4 atom stereocenters. The van der Waals surface area contributed by atoms with Crippen molar-refractivity contribution in [3.05, 3.63) is 71.8 Å². The van der Waals surface area contributed by atoms with Crippen LogP contribution < -0.4 is 0 Å². The molecule has 0 aromatic heterocycles. The standard InChI is InChI=1S/C16H21NO4.C15H19NO5/c1-3-20-15(18)14-9-12(2)10-17(14)16(19)21-11-13-7-5-4-6-8-13;1-2-20-14(18)13-8-12(17)9-16(13)15(19)21-10-11-6-4-3-5-7-11/h4-8,12,14H,3,9-11H2,1-2H3;3-7,12-13,17H,2,8-10H2,1H3/t12-,14+;12-,13+/m11/s1. The van der Waals surface area contributed by atoms with Crippen LogP contribution in [0.3, 0.4) is 0 Å². The largest absolute Gasteiger partial charge is 0.464 e. The van der Waals surface area contributed by atoms with E-state index in [0.29, 0.717) is 19.6 Å². The molecule has 2 aliphatic heterocycles. The first-order chi connectivity index (χ1) is 20.2. The van der Waals surface area contributed by atoms with Crippen molar-refractivity contribution in [2.24, 2.45) is 5.92 Å². The molecule has 0 radical (unpaired) electrons. The maximum absolute atomic E-state index is 12.2. The first-order valence-corrected chi connectivity index (χ1v) is 14.2. The van der Waals surface area contributed by atoms with Crippen molar-refractivity contribution in [1.29, 1.82) is 0 Å². The van der Waals surface area contributed by atoms with E-state index in [1.54, 1.807) is 13.8 Å². The molecule has 2 heterocycles. The Morgan fingerprint density at radius 2 is 1.12 bits per heavy atom. The lowest BCUT2D eigenvalue weighted by molar-refractivity contribution is -0.148. The van der Waals surface area contributed by atoms with Gasteiger partial charge in [-0.05, 0) is 37.3 Å². The number of carbonyl (C=O) groups excluding carboxylic acids is 4. The van der Waals surface area contributed by atoms with Crippen LogP contribution in [-0.4, -0.2) is 83.5 Å². The molecule has 11 nitrogen and oxygen atoms in total. The van der Waals surface area contributed by atoms with Crippen molar-refractivity contribution in [3.63, 3.8) is 0 Å². The molecule has 0 aliphatic carbocycles. The fourth-order valence-electron chi connectivity index (χ4n) is 4.79. The lowest BCUT2D eigenvalue weighted by Crippen LogP contribution is -2.41. The summed E-state index contributed by atoms with van der Waals surface area (Å²) in [6.45, 7) is 6.96. The highest BCUT2D eigenvalue weighted by molar-refractivity contribution is 5.83. The molecule has 42 heavy (non-hydrogen) atoms. The first-order valence-electron chi connectivity index (χ1n) is 14.2. The Bertz CT molecular complexity index is 1070. The van der Waals surface area contributed by atoms with Gasteiger partial charge < -0.3 is 24.1 Å². The number of amides is 2. The third kappa shape index (κ3) is 9.47. The first kappa shape index (κ1) is 32.4. The molecule has 2 aliphatic rings. The van der Waals surface area contributed by atoms with Crippen molar-refractivity contribution >= 4 is 24.1 Å². The summed E-state index contributed by atoms with van der Waals surface area (Å²) in [4.78, 5) is 50.7. The molecule has 0 unspecified atom stereocenters. The minimum atomic E-state index is -0.775. The van der Waals surface area contributed by atoms with Crippen molar-refractivity contribution in [2.75, 3.05) is 26.3 Å². The molecule has 1 N–H and O–H groups in total. The van der Waals surface area contributed by atoms with E-state index < -0.39 is 36.3 Å². The van der Waals surface area contributed by atoms with Crippen molar-refractivity contribution in [2.45, 2.75) is 65.0 Å². The second kappa shape index (κ2) is 16.4. The summed E-state index contributed by atoms with van der Waals surface area (Å²) in [5, 5.41) is 9.66. The van der Waals surface area contributed by atoms with Crippen LogP contribution in [-0.2, 0) is 41.8 Å².